The van der Waals surface area contributed by atoms with Gasteiger partial charge in [-0.05, 0) is 31.7 Å². The molecule has 2 heteroatoms. The number of nitrogens with one attached hydrogen (secondary N) is 1. The zero-order chi connectivity index (χ0) is 10.4. The van der Waals surface area contributed by atoms with E-state index in [0.717, 1.165) is 24.2 Å². The van der Waals surface area contributed by atoms with Gasteiger partial charge in [0, 0.05) is 24.2 Å². The van der Waals surface area contributed by atoms with Crippen LogP contribution in [0, 0.1) is 18.8 Å². The van der Waals surface area contributed by atoms with Crippen molar-refractivity contribution in [2.24, 2.45) is 0 Å². The molecule has 14 heavy (non-hydrogen) atoms. The van der Waals surface area contributed by atoms with Crippen LogP contribution in [0.3, 0.4) is 0 Å². The fourth-order valence-corrected chi connectivity index (χ4v) is 1.12. The summed E-state index contributed by atoms with van der Waals surface area (Å²) in [5.74, 6) is 6.22. The molecule has 0 radical (unpaired) electrons. The van der Waals surface area contributed by atoms with E-state index in [-0.39, 0.29) is 0 Å². The third-order valence-electron chi connectivity index (χ3n) is 1.98. The Bertz CT molecular complexity index is 358. The Hall–Kier alpha value is -1.46. The summed E-state index contributed by atoms with van der Waals surface area (Å²) >= 11 is 0. The second kappa shape index (κ2) is 5.31. The fourth-order valence-electron chi connectivity index (χ4n) is 1.12. The van der Waals surface area contributed by atoms with Crippen molar-refractivity contribution in [3.63, 3.8) is 0 Å². The van der Waals surface area contributed by atoms with E-state index in [2.05, 4.69) is 17.2 Å². The number of benzene rings is 1. The molecule has 3 N–H and O–H groups in total. The SMILES string of the molecule is CNCCC#Cc1cc(N)ccc1C. The van der Waals surface area contributed by atoms with E-state index < -0.39 is 0 Å². The monoisotopic (exact) mass is 188 g/mol. The summed E-state index contributed by atoms with van der Waals surface area (Å²) in [6, 6.07) is 5.81. The van der Waals surface area contributed by atoms with Gasteiger partial charge < -0.3 is 11.1 Å². The molecular weight excluding hydrogens is 172 g/mol. The van der Waals surface area contributed by atoms with Crippen molar-refractivity contribution < 1.29 is 0 Å². The normalized spacial score (nSPS) is 9.29. The molecule has 1 rings (SSSR count). The summed E-state index contributed by atoms with van der Waals surface area (Å²) in [7, 11) is 1.92. The number of hydrogen-bond donors (Lipinski definition) is 2. The van der Waals surface area contributed by atoms with E-state index in [9.17, 15) is 0 Å². The molecule has 0 atom stereocenters. The van der Waals surface area contributed by atoms with E-state index in [0.29, 0.717) is 0 Å². The van der Waals surface area contributed by atoms with Crippen molar-refractivity contribution in [1.29, 1.82) is 0 Å². The highest BCUT2D eigenvalue weighted by molar-refractivity contribution is 5.51. The highest BCUT2D eigenvalue weighted by Gasteiger charge is 1.93. The second-order valence-electron chi connectivity index (χ2n) is 3.23. The largest absolute Gasteiger partial charge is 0.399 e. The molecule has 0 fully saturated rings. The van der Waals surface area contributed by atoms with Gasteiger partial charge in [0.25, 0.3) is 0 Å². The first-order valence-electron chi connectivity index (χ1n) is 4.73. The topological polar surface area (TPSA) is 38.0 Å². The van der Waals surface area contributed by atoms with Gasteiger partial charge >= 0.3 is 0 Å². The fraction of sp³-hybridized carbons (Fsp3) is 0.333. The summed E-state index contributed by atoms with van der Waals surface area (Å²) in [6.45, 7) is 2.97. The molecule has 0 bridgehead atoms. The summed E-state index contributed by atoms with van der Waals surface area (Å²) < 4.78 is 0. The lowest BCUT2D eigenvalue weighted by atomic mass is 10.1. The zero-order valence-electron chi connectivity index (χ0n) is 8.72. The molecule has 0 saturated carbocycles. The summed E-state index contributed by atoms with van der Waals surface area (Å²) in [6.07, 6.45) is 0.866. The van der Waals surface area contributed by atoms with Crippen molar-refractivity contribution in [3.8, 4) is 11.8 Å². The van der Waals surface area contributed by atoms with E-state index >= 15 is 0 Å². The minimum absolute atomic E-state index is 0.772. The van der Waals surface area contributed by atoms with Crippen LogP contribution in [0.1, 0.15) is 17.5 Å². The zero-order valence-corrected chi connectivity index (χ0v) is 8.72. The van der Waals surface area contributed by atoms with Gasteiger partial charge in [-0.2, -0.15) is 0 Å². The van der Waals surface area contributed by atoms with Gasteiger partial charge in [0.05, 0.1) is 0 Å². The van der Waals surface area contributed by atoms with Gasteiger partial charge in [-0.3, -0.25) is 0 Å². The maximum absolute atomic E-state index is 5.68. The number of nitrogens with two attached hydrogens (primary N) is 1. The third-order valence-corrected chi connectivity index (χ3v) is 1.98. The Labute approximate surface area is 85.5 Å². The van der Waals surface area contributed by atoms with Crippen LogP contribution in [0.5, 0.6) is 0 Å². The molecule has 0 aromatic heterocycles. The second-order valence-corrected chi connectivity index (χ2v) is 3.23. The molecule has 0 amide bonds. The first-order valence-corrected chi connectivity index (χ1v) is 4.73. The standard InChI is InChI=1S/C12H16N2/c1-10-6-7-12(13)9-11(10)5-3-4-8-14-2/h6-7,9,14H,4,8,13H2,1-2H3. The highest BCUT2D eigenvalue weighted by Crippen LogP contribution is 2.10. The van der Waals surface area contributed by atoms with Crippen molar-refractivity contribution >= 4 is 5.69 Å². The Balaban J connectivity index is 2.73. The molecule has 0 spiro atoms. The van der Waals surface area contributed by atoms with Crippen molar-refractivity contribution in [2.45, 2.75) is 13.3 Å². The molecule has 1 aromatic carbocycles. The van der Waals surface area contributed by atoms with Crippen LogP contribution >= 0.6 is 0 Å². The van der Waals surface area contributed by atoms with Crippen LogP contribution in [0.15, 0.2) is 18.2 Å². The molecule has 2 nitrogen and oxygen atoms in total. The number of anilines is 1. The minimum atomic E-state index is 0.772. The Morgan fingerprint density at radius 2 is 2.21 bits per heavy atom. The minimum Gasteiger partial charge on any atom is -0.399 e. The summed E-state index contributed by atoms with van der Waals surface area (Å²) in [4.78, 5) is 0. The summed E-state index contributed by atoms with van der Waals surface area (Å²) in [5.41, 5.74) is 8.66. The van der Waals surface area contributed by atoms with Crippen LogP contribution in [-0.2, 0) is 0 Å². The van der Waals surface area contributed by atoms with Gasteiger partial charge in [0.15, 0.2) is 0 Å². The maximum Gasteiger partial charge on any atom is 0.0326 e. The molecule has 0 heterocycles. The van der Waals surface area contributed by atoms with Crippen LogP contribution in [0.2, 0.25) is 0 Å². The van der Waals surface area contributed by atoms with Crippen molar-refractivity contribution in [3.05, 3.63) is 29.3 Å². The average Bonchev–Trinajstić information content (AvgIpc) is 2.18. The number of hydrogen-bond acceptors (Lipinski definition) is 2. The molecule has 0 aliphatic heterocycles. The predicted molar refractivity (Wildman–Crippen MR) is 61.0 cm³/mol. The van der Waals surface area contributed by atoms with E-state index in [1.165, 1.54) is 5.56 Å². The van der Waals surface area contributed by atoms with Crippen LogP contribution in [0.25, 0.3) is 0 Å². The van der Waals surface area contributed by atoms with Crippen molar-refractivity contribution in [1.82, 2.24) is 5.32 Å². The van der Waals surface area contributed by atoms with Crippen LogP contribution in [-0.4, -0.2) is 13.6 Å². The Morgan fingerprint density at radius 1 is 1.43 bits per heavy atom. The maximum atomic E-state index is 5.68. The predicted octanol–water partition coefficient (Wildman–Crippen LogP) is 1.54. The molecule has 0 unspecified atom stereocenters. The highest BCUT2D eigenvalue weighted by atomic mass is 14.8. The lowest BCUT2D eigenvalue weighted by molar-refractivity contribution is 0.818. The first-order chi connectivity index (χ1) is 6.74. The van der Waals surface area contributed by atoms with Crippen LogP contribution < -0.4 is 11.1 Å². The number of rotatable bonds is 2. The van der Waals surface area contributed by atoms with Gasteiger partial charge in [-0.15, -0.1) is 0 Å². The molecule has 1 aromatic rings. The van der Waals surface area contributed by atoms with Crippen molar-refractivity contribution in [2.75, 3.05) is 19.3 Å². The number of aryl methyl sites for hydroxylation is 1. The lowest BCUT2D eigenvalue weighted by Crippen LogP contribution is -2.05. The average molecular weight is 188 g/mol. The van der Waals surface area contributed by atoms with Gasteiger partial charge in [-0.1, -0.05) is 17.9 Å². The quantitative estimate of drug-likeness (QED) is 0.420. The Morgan fingerprint density at radius 3 is 2.93 bits per heavy atom. The Kier molecular flexibility index (Phi) is 4.03. The van der Waals surface area contributed by atoms with E-state index in [1.807, 2.05) is 32.2 Å². The third kappa shape index (κ3) is 3.12. The van der Waals surface area contributed by atoms with Gasteiger partial charge in [-0.25, -0.2) is 0 Å². The van der Waals surface area contributed by atoms with E-state index in [4.69, 9.17) is 5.73 Å². The van der Waals surface area contributed by atoms with Gasteiger partial charge in [0.1, 0.15) is 0 Å². The molecule has 0 aliphatic rings. The van der Waals surface area contributed by atoms with Crippen LogP contribution in [0.4, 0.5) is 5.69 Å². The van der Waals surface area contributed by atoms with Gasteiger partial charge in [0.2, 0.25) is 0 Å². The molecule has 0 aliphatic carbocycles. The molecular formula is C12H16N2. The first kappa shape index (κ1) is 10.6. The number of nitrogen functional groups attached to an aromatic ring is 1. The summed E-state index contributed by atoms with van der Waals surface area (Å²) in [5, 5.41) is 3.05. The molecule has 0 saturated heterocycles. The smallest absolute Gasteiger partial charge is 0.0326 e. The van der Waals surface area contributed by atoms with E-state index in [1.54, 1.807) is 0 Å². The lowest BCUT2D eigenvalue weighted by Gasteiger charge is -1.98. The molecule has 74 valence electrons.